The van der Waals surface area contributed by atoms with E-state index < -0.39 is 0 Å². The van der Waals surface area contributed by atoms with Gasteiger partial charge in [0, 0.05) is 31.7 Å². The average Bonchev–Trinajstić information content (AvgIpc) is 3.03. The van der Waals surface area contributed by atoms with Gasteiger partial charge in [-0.3, -0.25) is 4.98 Å². The van der Waals surface area contributed by atoms with Crippen molar-refractivity contribution in [3.8, 4) is 5.69 Å². The molecule has 0 amide bonds. The fourth-order valence-corrected chi connectivity index (χ4v) is 2.03. The van der Waals surface area contributed by atoms with E-state index in [0.29, 0.717) is 0 Å². The van der Waals surface area contributed by atoms with Gasteiger partial charge in [-0.05, 0) is 35.9 Å². The molecule has 4 heteroatoms. The van der Waals surface area contributed by atoms with E-state index in [0.717, 1.165) is 24.5 Å². The lowest BCUT2D eigenvalue weighted by atomic mass is 10.2. The third kappa shape index (κ3) is 3.10. The van der Waals surface area contributed by atoms with E-state index in [4.69, 9.17) is 0 Å². The molecule has 3 rings (SSSR count). The van der Waals surface area contributed by atoms with Gasteiger partial charge in [0.25, 0.3) is 0 Å². The number of pyridine rings is 1. The zero-order valence-corrected chi connectivity index (χ0v) is 11.1. The predicted molar refractivity (Wildman–Crippen MR) is 78.3 cm³/mol. The Bertz CT molecular complexity index is 630. The standard InChI is InChI=1S/C16H16N4/c1-2-9-18-15(4-1)13-17-12-14-5-7-16(8-6-14)20-11-3-10-19-20/h1-11,17H,12-13H2. The molecule has 3 aromatic rings. The molecule has 0 saturated heterocycles. The smallest absolute Gasteiger partial charge is 0.0645 e. The Hall–Kier alpha value is -2.46. The lowest BCUT2D eigenvalue weighted by Crippen LogP contribution is -2.13. The van der Waals surface area contributed by atoms with Crippen molar-refractivity contribution < 1.29 is 0 Å². The summed E-state index contributed by atoms with van der Waals surface area (Å²) in [4.78, 5) is 4.28. The quantitative estimate of drug-likeness (QED) is 0.770. The molecule has 20 heavy (non-hydrogen) atoms. The van der Waals surface area contributed by atoms with Gasteiger partial charge in [0.05, 0.1) is 11.4 Å². The first-order valence-electron chi connectivity index (χ1n) is 6.61. The minimum atomic E-state index is 0.780. The fraction of sp³-hybridized carbons (Fsp3) is 0.125. The molecule has 0 fully saturated rings. The van der Waals surface area contributed by atoms with E-state index >= 15 is 0 Å². The normalized spacial score (nSPS) is 10.6. The molecule has 2 aromatic heterocycles. The van der Waals surface area contributed by atoms with Crippen LogP contribution in [0.25, 0.3) is 5.69 Å². The first kappa shape index (κ1) is 12.6. The zero-order chi connectivity index (χ0) is 13.6. The van der Waals surface area contributed by atoms with Gasteiger partial charge in [-0.2, -0.15) is 5.10 Å². The molecule has 100 valence electrons. The minimum Gasteiger partial charge on any atom is -0.307 e. The van der Waals surface area contributed by atoms with Crippen LogP contribution in [0.5, 0.6) is 0 Å². The second-order valence-corrected chi connectivity index (χ2v) is 4.54. The fourth-order valence-electron chi connectivity index (χ4n) is 2.03. The molecule has 1 N–H and O–H groups in total. The molecule has 0 atom stereocenters. The van der Waals surface area contributed by atoms with Crippen molar-refractivity contribution in [2.75, 3.05) is 0 Å². The van der Waals surface area contributed by atoms with Crippen molar-refractivity contribution in [1.82, 2.24) is 20.1 Å². The molecule has 0 aliphatic carbocycles. The lowest BCUT2D eigenvalue weighted by Gasteiger charge is -2.06. The Morgan fingerprint density at radius 1 is 0.900 bits per heavy atom. The van der Waals surface area contributed by atoms with Crippen LogP contribution in [0.4, 0.5) is 0 Å². The molecule has 1 aromatic carbocycles. The minimum absolute atomic E-state index is 0.780. The number of aromatic nitrogens is 3. The Balaban J connectivity index is 1.56. The van der Waals surface area contributed by atoms with E-state index in [-0.39, 0.29) is 0 Å². The van der Waals surface area contributed by atoms with Crippen LogP contribution >= 0.6 is 0 Å². The molecular formula is C16H16N4. The van der Waals surface area contributed by atoms with Crippen molar-refractivity contribution in [3.05, 3.63) is 78.4 Å². The van der Waals surface area contributed by atoms with Crippen molar-refractivity contribution in [3.63, 3.8) is 0 Å². The van der Waals surface area contributed by atoms with Gasteiger partial charge < -0.3 is 5.32 Å². The van der Waals surface area contributed by atoms with Crippen LogP contribution in [-0.4, -0.2) is 14.8 Å². The summed E-state index contributed by atoms with van der Waals surface area (Å²) < 4.78 is 1.85. The van der Waals surface area contributed by atoms with Gasteiger partial charge in [0.1, 0.15) is 0 Å². The van der Waals surface area contributed by atoms with Crippen molar-refractivity contribution in [2.24, 2.45) is 0 Å². The van der Waals surface area contributed by atoms with Crippen LogP contribution in [0.3, 0.4) is 0 Å². The molecule has 0 radical (unpaired) electrons. The van der Waals surface area contributed by atoms with Gasteiger partial charge in [0.15, 0.2) is 0 Å². The molecule has 2 heterocycles. The van der Waals surface area contributed by atoms with Gasteiger partial charge in [-0.1, -0.05) is 18.2 Å². The SMILES string of the molecule is c1ccc(CNCc2ccc(-n3cccn3)cc2)nc1. The number of hydrogen-bond acceptors (Lipinski definition) is 3. The number of nitrogens with one attached hydrogen (secondary N) is 1. The van der Waals surface area contributed by atoms with Gasteiger partial charge in [-0.25, -0.2) is 4.68 Å². The number of hydrogen-bond donors (Lipinski definition) is 1. The van der Waals surface area contributed by atoms with Crippen molar-refractivity contribution in [1.29, 1.82) is 0 Å². The van der Waals surface area contributed by atoms with E-state index in [1.54, 1.807) is 6.20 Å². The highest BCUT2D eigenvalue weighted by atomic mass is 15.3. The van der Waals surface area contributed by atoms with Crippen LogP contribution in [0.15, 0.2) is 67.1 Å². The van der Waals surface area contributed by atoms with Crippen LogP contribution < -0.4 is 5.32 Å². The van der Waals surface area contributed by atoms with Crippen molar-refractivity contribution >= 4 is 0 Å². The highest BCUT2D eigenvalue weighted by Gasteiger charge is 1.98. The first-order chi connectivity index (χ1) is 9.92. The van der Waals surface area contributed by atoms with E-state index in [2.05, 4.69) is 39.7 Å². The monoisotopic (exact) mass is 264 g/mol. The topological polar surface area (TPSA) is 42.7 Å². The van der Waals surface area contributed by atoms with E-state index in [9.17, 15) is 0 Å². The van der Waals surface area contributed by atoms with Crippen molar-refractivity contribution in [2.45, 2.75) is 13.1 Å². The van der Waals surface area contributed by atoms with Crippen LogP contribution in [0, 0.1) is 0 Å². The maximum absolute atomic E-state index is 4.28. The second kappa shape index (κ2) is 6.12. The number of benzene rings is 1. The molecule has 0 unspecified atom stereocenters. The summed E-state index contributed by atoms with van der Waals surface area (Å²) in [6, 6.07) is 16.2. The van der Waals surface area contributed by atoms with Crippen LogP contribution in [-0.2, 0) is 13.1 Å². The summed E-state index contributed by atoms with van der Waals surface area (Å²) in [7, 11) is 0. The maximum Gasteiger partial charge on any atom is 0.0645 e. The van der Waals surface area contributed by atoms with E-state index in [1.807, 2.05) is 41.3 Å². The summed E-state index contributed by atoms with van der Waals surface area (Å²) in [5.41, 5.74) is 3.38. The molecule has 0 saturated carbocycles. The van der Waals surface area contributed by atoms with E-state index in [1.165, 1.54) is 5.56 Å². The number of nitrogens with zero attached hydrogens (tertiary/aromatic N) is 3. The van der Waals surface area contributed by atoms with Gasteiger partial charge in [-0.15, -0.1) is 0 Å². The van der Waals surface area contributed by atoms with Crippen LogP contribution in [0.2, 0.25) is 0 Å². The van der Waals surface area contributed by atoms with Gasteiger partial charge in [0.2, 0.25) is 0 Å². The second-order valence-electron chi connectivity index (χ2n) is 4.54. The Labute approximate surface area is 118 Å². The highest BCUT2D eigenvalue weighted by molar-refractivity contribution is 5.33. The predicted octanol–water partition coefficient (Wildman–Crippen LogP) is 2.56. The summed E-state index contributed by atoms with van der Waals surface area (Å²) >= 11 is 0. The molecule has 4 nitrogen and oxygen atoms in total. The molecule has 0 spiro atoms. The molecule has 0 bridgehead atoms. The maximum atomic E-state index is 4.28. The van der Waals surface area contributed by atoms with Gasteiger partial charge >= 0.3 is 0 Å². The number of rotatable bonds is 5. The summed E-state index contributed by atoms with van der Waals surface area (Å²) in [6.45, 7) is 1.61. The van der Waals surface area contributed by atoms with Crippen LogP contribution in [0.1, 0.15) is 11.3 Å². The molecular weight excluding hydrogens is 248 g/mol. The third-order valence-electron chi connectivity index (χ3n) is 3.07. The zero-order valence-electron chi connectivity index (χ0n) is 11.1. The highest BCUT2D eigenvalue weighted by Crippen LogP contribution is 2.08. The lowest BCUT2D eigenvalue weighted by molar-refractivity contribution is 0.679. The third-order valence-corrected chi connectivity index (χ3v) is 3.07. The Morgan fingerprint density at radius 3 is 2.50 bits per heavy atom. The first-order valence-corrected chi connectivity index (χ1v) is 6.61. The Morgan fingerprint density at radius 2 is 1.80 bits per heavy atom. The molecule has 0 aliphatic rings. The summed E-state index contributed by atoms with van der Waals surface area (Å²) in [6.07, 6.45) is 5.53. The Kier molecular flexibility index (Phi) is 3.85. The molecule has 0 aliphatic heterocycles. The summed E-state index contributed by atoms with van der Waals surface area (Å²) in [5.74, 6) is 0. The largest absolute Gasteiger partial charge is 0.307 e. The average molecular weight is 264 g/mol. The summed E-state index contributed by atoms with van der Waals surface area (Å²) in [5, 5.41) is 7.60.